The maximum atomic E-state index is 12.7. The largest absolute Gasteiger partial charge is 0.348 e. The van der Waals surface area contributed by atoms with E-state index >= 15 is 0 Å². The van der Waals surface area contributed by atoms with Gasteiger partial charge in [0.25, 0.3) is 5.91 Å². The van der Waals surface area contributed by atoms with Gasteiger partial charge < -0.3 is 10.6 Å². The van der Waals surface area contributed by atoms with Gasteiger partial charge in [-0.3, -0.25) is 4.79 Å². The van der Waals surface area contributed by atoms with E-state index in [9.17, 15) is 4.79 Å². The van der Waals surface area contributed by atoms with Gasteiger partial charge in [0, 0.05) is 31.1 Å². The number of benzene rings is 1. The molecule has 6 nitrogen and oxygen atoms in total. The van der Waals surface area contributed by atoms with Gasteiger partial charge in [-0.2, -0.15) is 5.10 Å². The predicted molar refractivity (Wildman–Crippen MR) is 101 cm³/mol. The minimum atomic E-state index is -0.104. The Morgan fingerprint density at radius 3 is 2.88 bits per heavy atom. The van der Waals surface area contributed by atoms with Gasteiger partial charge in [-0.05, 0) is 43.5 Å². The maximum absolute atomic E-state index is 12.7. The number of aromatic nitrogens is 3. The van der Waals surface area contributed by atoms with Crippen molar-refractivity contribution in [1.82, 2.24) is 25.4 Å². The van der Waals surface area contributed by atoms with Gasteiger partial charge in [0.1, 0.15) is 0 Å². The van der Waals surface area contributed by atoms with Crippen LogP contribution in [0.4, 0.5) is 0 Å². The molecule has 6 heteroatoms. The van der Waals surface area contributed by atoms with E-state index in [0.717, 1.165) is 35.4 Å². The third kappa shape index (κ3) is 2.97. The summed E-state index contributed by atoms with van der Waals surface area (Å²) in [7, 11) is 0. The van der Waals surface area contributed by atoms with Crippen LogP contribution in [0.15, 0.2) is 30.5 Å². The highest BCUT2D eigenvalue weighted by Crippen LogP contribution is 2.20. The van der Waals surface area contributed by atoms with Crippen molar-refractivity contribution in [3.05, 3.63) is 58.4 Å². The van der Waals surface area contributed by atoms with Crippen LogP contribution in [0.5, 0.6) is 0 Å². The Kier molecular flexibility index (Phi) is 4.20. The number of nitrogens with zero attached hydrogens (tertiary/aromatic N) is 3. The summed E-state index contributed by atoms with van der Waals surface area (Å²) in [4.78, 5) is 17.3. The monoisotopic (exact) mass is 349 g/mol. The molecule has 4 rings (SSSR count). The third-order valence-electron chi connectivity index (χ3n) is 4.85. The van der Waals surface area contributed by atoms with Crippen LogP contribution in [0.3, 0.4) is 0 Å². The molecule has 3 heterocycles. The molecule has 0 aliphatic carbocycles. The van der Waals surface area contributed by atoms with Crippen LogP contribution in [-0.2, 0) is 19.6 Å². The van der Waals surface area contributed by atoms with Gasteiger partial charge in [-0.25, -0.2) is 9.67 Å². The van der Waals surface area contributed by atoms with Gasteiger partial charge in [-0.15, -0.1) is 0 Å². The molecule has 0 saturated carbocycles. The zero-order valence-electron chi connectivity index (χ0n) is 15.3. The Morgan fingerprint density at radius 1 is 1.27 bits per heavy atom. The smallest absolute Gasteiger partial charge is 0.253 e. The van der Waals surface area contributed by atoms with Crippen molar-refractivity contribution in [2.45, 2.75) is 46.4 Å². The van der Waals surface area contributed by atoms with Gasteiger partial charge in [-0.1, -0.05) is 18.2 Å². The Hall–Kier alpha value is -2.73. The molecule has 0 spiro atoms. The topological polar surface area (TPSA) is 71.8 Å². The van der Waals surface area contributed by atoms with Crippen LogP contribution in [0, 0.1) is 6.92 Å². The number of aryl methyl sites for hydroxylation is 1. The van der Waals surface area contributed by atoms with E-state index < -0.39 is 0 Å². The molecule has 1 amide bonds. The molecule has 1 aromatic carbocycles. The first-order chi connectivity index (χ1) is 12.5. The summed E-state index contributed by atoms with van der Waals surface area (Å²) >= 11 is 0. The number of carbonyl (C=O) groups excluding carboxylic acids is 1. The fourth-order valence-electron chi connectivity index (χ4n) is 3.41. The number of hydrogen-bond donors (Lipinski definition) is 2. The standard InChI is InChI=1S/C20H23N5O/c1-12(2)25-19-17(11-23-25)7-18(13(3)24-19)20(26)22-8-14-4-5-15-9-21-10-16(15)6-14/h4-7,11-12,21H,8-10H2,1-3H3,(H,22,26). The summed E-state index contributed by atoms with van der Waals surface area (Å²) in [6, 6.07) is 8.49. The lowest BCUT2D eigenvalue weighted by Crippen LogP contribution is -2.24. The van der Waals surface area contributed by atoms with Crippen LogP contribution >= 0.6 is 0 Å². The molecule has 0 unspecified atom stereocenters. The number of carbonyl (C=O) groups is 1. The molecule has 1 aliphatic heterocycles. The van der Waals surface area contributed by atoms with Crippen LogP contribution in [0.2, 0.25) is 0 Å². The van der Waals surface area contributed by atoms with E-state index in [1.807, 2.05) is 17.7 Å². The molecule has 0 atom stereocenters. The zero-order chi connectivity index (χ0) is 18.3. The molecule has 2 N–H and O–H groups in total. The first-order valence-corrected chi connectivity index (χ1v) is 8.97. The van der Waals surface area contributed by atoms with E-state index in [2.05, 4.69) is 52.8 Å². The summed E-state index contributed by atoms with van der Waals surface area (Å²) in [6.45, 7) is 8.34. The number of pyridine rings is 1. The summed E-state index contributed by atoms with van der Waals surface area (Å²) in [6.07, 6.45) is 1.77. The van der Waals surface area contributed by atoms with E-state index in [1.54, 1.807) is 6.20 Å². The van der Waals surface area contributed by atoms with Crippen molar-refractivity contribution in [3.8, 4) is 0 Å². The maximum Gasteiger partial charge on any atom is 0.253 e. The van der Waals surface area contributed by atoms with Crippen molar-refractivity contribution in [1.29, 1.82) is 0 Å². The molecular weight excluding hydrogens is 326 g/mol. The van der Waals surface area contributed by atoms with Crippen LogP contribution in [0.1, 0.15) is 52.6 Å². The van der Waals surface area contributed by atoms with Crippen molar-refractivity contribution in [3.63, 3.8) is 0 Å². The number of fused-ring (bicyclic) bond motifs is 2. The normalized spacial score (nSPS) is 13.4. The number of amides is 1. The molecule has 0 fully saturated rings. The Bertz CT molecular complexity index is 989. The fourth-order valence-corrected chi connectivity index (χ4v) is 3.41. The Labute approximate surface area is 152 Å². The molecule has 2 aromatic heterocycles. The van der Waals surface area contributed by atoms with Gasteiger partial charge >= 0.3 is 0 Å². The summed E-state index contributed by atoms with van der Waals surface area (Å²) < 4.78 is 1.88. The molecule has 3 aromatic rings. The number of hydrogen-bond acceptors (Lipinski definition) is 4. The number of nitrogens with one attached hydrogen (secondary N) is 2. The highest BCUT2D eigenvalue weighted by atomic mass is 16.1. The van der Waals surface area contributed by atoms with Gasteiger partial charge in [0.15, 0.2) is 5.65 Å². The van der Waals surface area contributed by atoms with E-state index in [1.165, 1.54) is 11.1 Å². The van der Waals surface area contributed by atoms with Gasteiger partial charge in [0.05, 0.1) is 17.5 Å². The summed E-state index contributed by atoms with van der Waals surface area (Å²) in [5.41, 5.74) is 5.91. The lowest BCUT2D eigenvalue weighted by molar-refractivity contribution is 0.0950. The molecular formula is C20H23N5O. The van der Waals surface area contributed by atoms with Crippen LogP contribution in [0.25, 0.3) is 11.0 Å². The lowest BCUT2D eigenvalue weighted by Gasteiger charge is -2.10. The van der Waals surface area contributed by atoms with Crippen molar-refractivity contribution < 1.29 is 4.79 Å². The molecule has 0 radical (unpaired) electrons. The predicted octanol–water partition coefficient (Wildman–Crippen LogP) is 2.85. The second kappa shape index (κ2) is 6.53. The van der Waals surface area contributed by atoms with E-state index in [-0.39, 0.29) is 11.9 Å². The SMILES string of the molecule is Cc1nc2c(cnn2C(C)C)cc1C(=O)NCc1ccc2c(c1)CNC2. The molecule has 134 valence electrons. The summed E-state index contributed by atoms with van der Waals surface area (Å²) in [5, 5.41) is 11.6. The lowest BCUT2D eigenvalue weighted by atomic mass is 10.1. The number of rotatable bonds is 4. The Balaban J connectivity index is 1.53. The minimum Gasteiger partial charge on any atom is -0.348 e. The first kappa shape index (κ1) is 16.7. The van der Waals surface area contributed by atoms with Gasteiger partial charge in [0.2, 0.25) is 0 Å². The van der Waals surface area contributed by atoms with E-state index in [0.29, 0.717) is 12.1 Å². The second-order valence-electron chi connectivity index (χ2n) is 7.11. The molecule has 1 aliphatic rings. The van der Waals surface area contributed by atoms with Crippen LogP contribution in [-0.4, -0.2) is 20.7 Å². The quantitative estimate of drug-likeness (QED) is 0.760. The van der Waals surface area contributed by atoms with Crippen molar-refractivity contribution in [2.24, 2.45) is 0 Å². The Morgan fingerprint density at radius 2 is 2.08 bits per heavy atom. The average molecular weight is 349 g/mol. The third-order valence-corrected chi connectivity index (χ3v) is 4.85. The van der Waals surface area contributed by atoms with Crippen molar-refractivity contribution >= 4 is 16.9 Å². The second-order valence-corrected chi connectivity index (χ2v) is 7.11. The fraction of sp³-hybridized carbons (Fsp3) is 0.350. The first-order valence-electron chi connectivity index (χ1n) is 8.97. The zero-order valence-corrected chi connectivity index (χ0v) is 15.3. The highest BCUT2D eigenvalue weighted by Gasteiger charge is 2.16. The van der Waals surface area contributed by atoms with Crippen molar-refractivity contribution in [2.75, 3.05) is 0 Å². The molecule has 26 heavy (non-hydrogen) atoms. The average Bonchev–Trinajstić information content (AvgIpc) is 3.24. The summed E-state index contributed by atoms with van der Waals surface area (Å²) in [5.74, 6) is -0.104. The minimum absolute atomic E-state index is 0.104. The molecule has 0 saturated heterocycles. The molecule has 0 bridgehead atoms. The van der Waals surface area contributed by atoms with Crippen LogP contribution < -0.4 is 10.6 Å². The van der Waals surface area contributed by atoms with E-state index in [4.69, 9.17) is 0 Å². The highest BCUT2D eigenvalue weighted by molar-refractivity contribution is 5.98.